The van der Waals surface area contributed by atoms with E-state index < -0.39 is 11.5 Å². The summed E-state index contributed by atoms with van der Waals surface area (Å²) in [6.45, 7) is 7.83. The smallest absolute Gasteiger partial charge is 0.407 e. The molecule has 8 nitrogen and oxygen atoms in total. The Labute approximate surface area is 360 Å². The van der Waals surface area contributed by atoms with Crippen molar-refractivity contribution in [3.63, 3.8) is 0 Å². The molecule has 0 saturated heterocycles. The Kier molecular flexibility index (Phi) is 41.9. The lowest BCUT2D eigenvalue weighted by Gasteiger charge is -2.34. The van der Waals surface area contributed by atoms with Crippen molar-refractivity contribution in [2.24, 2.45) is 5.41 Å². The van der Waals surface area contributed by atoms with Gasteiger partial charge in [-0.15, -0.1) is 0 Å². The third-order valence-electron chi connectivity index (χ3n) is 11.5. The van der Waals surface area contributed by atoms with Crippen LogP contribution in [0.2, 0.25) is 0 Å². The van der Waals surface area contributed by atoms with E-state index in [4.69, 9.17) is 14.2 Å². The van der Waals surface area contributed by atoms with Crippen molar-refractivity contribution >= 4 is 18.0 Å². The summed E-state index contributed by atoms with van der Waals surface area (Å²) in [6.07, 6.45) is 42.4. The molecule has 1 amide bonds. The van der Waals surface area contributed by atoms with Gasteiger partial charge in [0.05, 0.1) is 5.41 Å². The van der Waals surface area contributed by atoms with Crippen molar-refractivity contribution in [2.75, 3.05) is 47.0 Å². The monoisotopic (exact) mass is 823 g/mol. The summed E-state index contributed by atoms with van der Waals surface area (Å²) in [5.74, 6) is -0.495. The van der Waals surface area contributed by atoms with E-state index in [1.807, 2.05) is 19.0 Å². The minimum Gasteiger partial charge on any atom is -0.465 e. The molecule has 0 fully saturated rings. The van der Waals surface area contributed by atoms with E-state index in [1.165, 1.54) is 167 Å². The van der Waals surface area contributed by atoms with E-state index in [2.05, 4.69) is 26.1 Å². The Morgan fingerprint density at radius 2 is 0.672 bits per heavy atom. The fourth-order valence-corrected chi connectivity index (χ4v) is 7.84. The van der Waals surface area contributed by atoms with Crippen LogP contribution >= 0.6 is 0 Å². The summed E-state index contributed by atoms with van der Waals surface area (Å²) in [5.41, 5.74) is -0.865. The predicted molar refractivity (Wildman–Crippen MR) is 245 cm³/mol. The third kappa shape index (κ3) is 39.6. The van der Waals surface area contributed by atoms with E-state index in [0.29, 0.717) is 25.9 Å². The van der Waals surface area contributed by atoms with Crippen LogP contribution in [0.1, 0.15) is 252 Å². The van der Waals surface area contributed by atoms with Crippen LogP contribution in [0.3, 0.4) is 0 Å². The lowest BCUT2D eigenvalue weighted by molar-refractivity contribution is -0.157. The topological polar surface area (TPSA) is 94.2 Å². The van der Waals surface area contributed by atoms with E-state index in [0.717, 1.165) is 51.4 Å². The highest BCUT2D eigenvalue weighted by Crippen LogP contribution is 2.23. The molecule has 0 aromatic heterocycles. The van der Waals surface area contributed by atoms with Crippen LogP contribution in [-0.4, -0.2) is 69.9 Å². The Balaban J connectivity index is 4.81. The number of ether oxygens (including phenoxy) is 3. The highest BCUT2D eigenvalue weighted by atomic mass is 16.6. The number of amides is 1. The Morgan fingerprint density at radius 1 is 0.397 bits per heavy atom. The number of nitrogens with zero attached hydrogens (tertiary/aromatic N) is 1. The van der Waals surface area contributed by atoms with Gasteiger partial charge in [-0.2, -0.15) is 0 Å². The molecule has 0 aromatic carbocycles. The van der Waals surface area contributed by atoms with Crippen molar-refractivity contribution in [3.05, 3.63) is 0 Å². The van der Waals surface area contributed by atoms with Crippen LogP contribution in [0, 0.1) is 5.41 Å². The molecule has 0 unspecified atom stereocenters. The second-order valence-electron chi connectivity index (χ2n) is 18.0. The van der Waals surface area contributed by atoms with E-state index >= 15 is 0 Å². The summed E-state index contributed by atoms with van der Waals surface area (Å²) in [6, 6.07) is 0. The van der Waals surface area contributed by atoms with Crippen LogP contribution in [0.25, 0.3) is 0 Å². The molecular weight excluding hydrogens is 725 g/mol. The van der Waals surface area contributed by atoms with Crippen LogP contribution in [0.4, 0.5) is 4.79 Å². The number of nitrogens with one attached hydrogen (secondary N) is 1. The molecule has 0 aromatic rings. The second-order valence-corrected chi connectivity index (χ2v) is 18.0. The van der Waals surface area contributed by atoms with Crippen LogP contribution in [0.5, 0.6) is 0 Å². The quantitative estimate of drug-likeness (QED) is 0.0371. The molecule has 0 saturated carbocycles. The minimum absolute atomic E-state index is 0.00704. The molecule has 0 heterocycles. The highest BCUT2D eigenvalue weighted by Gasteiger charge is 2.36. The normalized spacial score (nSPS) is 11.6. The van der Waals surface area contributed by atoms with Gasteiger partial charge in [-0.3, -0.25) is 9.59 Å². The van der Waals surface area contributed by atoms with Crippen molar-refractivity contribution in [1.29, 1.82) is 0 Å². The molecule has 0 bridgehead atoms. The van der Waals surface area contributed by atoms with Crippen molar-refractivity contribution in [1.82, 2.24) is 10.2 Å². The van der Waals surface area contributed by atoms with Crippen molar-refractivity contribution in [3.8, 4) is 0 Å². The van der Waals surface area contributed by atoms with Gasteiger partial charge in [0.1, 0.15) is 19.8 Å². The maximum Gasteiger partial charge on any atom is 0.407 e. The first-order chi connectivity index (χ1) is 28.3. The molecule has 0 spiro atoms. The minimum atomic E-state index is -0.865. The highest BCUT2D eigenvalue weighted by molar-refractivity contribution is 5.70. The van der Waals surface area contributed by atoms with Gasteiger partial charge in [0.15, 0.2) is 0 Å². The summed E-state index contributed by atoms with van der Waals surface area (Å²) >= 11 is 0. The molecule has 1 N–H and O–H groups in total. The first-order valence-corrected chi connectivity index (χ1v) is 25.1. The fourth-order valence-electron chi connectivity index (χ4n) is 7.84. The Bertz CT molecular complexity index is 871. The number of rotatable bonds is 45. The number of unbranched alkanes of at least 4 members (excludes halogenated alkanes) is 31. The van der Waals surface area contributed by atoms with Gasteiger partial charge in [0.25, 0.3) is 0 Å². The standard InChI is InChI=1S/C50H98N2O6/c1-6-9-12-15-18-21-24-27-30-33-36-39-42-51-49(55)58-46-50(43-52(4)5,44-56-47(53)40-37-34-31-28-25-22-19-16-13-10-7-2)45-57-48(54)41-38-35-32-29-26-23-20-17-14-11-8-3/h6-46H2,1-5H3,(H,51,55). The van der Waals surface area contributed by atoms with E-state index in [9.17, 15) is 14.4 Å². The maximum atomic E-state index is 12.9. The first kappa shape index (κ1) is 56.2. The van der Waals surface area contributed by atoms with Crippen LogP contribution < -0.4 is 5.32 Å². The lowest BCUT2D eigenvalue weighted by Crippen LogP contribution is -2.47. The molecule has 0 atom stereocenters. The van der Waals surface area contributed by atoms with Crippen LogP contribution in [0.15, 0.2) is 0 Å². The van der Waals surface area contributed by atoms with Crippen molar-refractivity contribution in [2.45, 2.75) is 252 Å². The molecule has 8 heteroatoms. The van der Waals surface area contributed by atoms with Crippen molar-refractivity contribution < 1.29 is 28.6 Å². The zero-order valence-electron chi connectivity index (χ0n) is 39.4. The SMILES string of the molecule is CCCCCCCCCCCCCCNC(=O)OCC(COC(=O)CCCCCCCCCCCCC)(COC(=O)CCCCCCCCCCCCC)CN(C)C. The number of carbonyl (C=O) groups excluding carboxylic acids is 3. The molecule has 0 rings (SSSR count). The zero-order chi connectivity index (χ0) is 42.6. The molecule has 0 aliphatic rings. The summed E-state index contributed by atoms with van der Waals surface area (Å²) in [4.78, 5) is 40.7. The van der Waals surface area contributed by atoms with Crippen LogP contribution in [-0.2, 0) is 23.8 Å². The van der Waals surface area contributed by atoms with Gasteiger partial charge in [-0.05, 0) is 33.4 Å². The van der Waals surface area contributed by atoms with Gasteiger partial charge in [-0.1, -0.05) is 220 Å². The largest absolute Gasteiger partial charge is 0.465 e. The Hall–Kier alpha value is -1.83. The molecule has 0 aliphatic heterocycles. The molecule has 0 aliphatic carbocycles. The molecule has 0 radical (unpaired) electrons. The number of esters is 2. The molecular formula is C50H98N2O6. The first-order valence-electron chi connectivity index (χ1n) is 25.1. The van der Waals surface area contributed by atoms with Gasteiger partial charge >= 0.3 is 18.0 Å². The summed E-state index contributed by atoms with van der Waals surface area (Å²) in [5, 5.41) is 2.91. The zero-order valence-corrected chi connectivity index (χ0v) is 39.4. The number of hydrogen-bond acceptors (Lipinski definition) is 7. The third-order valence-corrected chi connectivity index (χ3v) is 11.5. The molecule has 344 valence electrons. The van der Waals surface area contributed by atoms with Gasteiger partial charge in [-0.25, -0.2) is 4.79 Å². The Morgan fingerprint density at radius 3 is 0.983 bits per heavy atom. The summed E-state index contributed by atoms with van der Waals surface area (Å²) < 4.78 is 17.5. The summed E-state index contributed by atoms with van der Waals surface area (Å²) in [7, 11) is 3.87. The number of hydrogen-bond donors (Lipinski definition) is 1. The number of alkyl carbamates (subject to hydrolysis) is 1. The predicted octanol–water partition coefficient (Wildman–Crippen LogP) is 14.5. The average Bonchev–Trinajstić information content (AvgIpc) is 3.21. The number of carbonyl (C=O) groups is 3. The van der Waals surface area contributed by atoms with E-state index in [1.54, 1.807) is 0 Å². The lowest BCUT2D eigenvalue weighted by atomic mass is 9.90. The molecule has 58 heavy (non-hydrogen) atoms. The maximum absolute atomic E-state index is 12.9. The second kappa shape index (κ2) is 43.3. The van der Waals surface area contributed by atoms with Gasteiger partial charge < -0.3 is 24.4 Å². The van der Waals surface area contributed by atoms with Gasteiger partial charge in [0.2, 0.25) is 0 Å². The van der Waals surface area contributed by atoms with E-state index in [-0.39, 0.29) is 31.8 Å². The average molecular weight is 823 g/mol. The fraction of sp³-hybridized carbons (Fsp3) is 0.940. The van der Waals surface area contributed by atoms with Gasteiger partial charge in [0, 0.05) is 25.9 Å².